The number of hydrogen-bond acceptors (Lipinski definition) is 10. The van der Waals surface area contributed by atoms with E-state index in [1.807, 2.05) is 48.5 Å². The molecule has 6 rings (SSSR count). The molecule has 2 heterocycles. The topological polar surface area (TPSA) is 121 Å². The van der Waals surface area contributed by atoms with Crippen LogP contribution >= 0.6 is 0 Å². The van der Waals surface area contributed by atoms with Crippen LogP contribution in [0.3, 0.4) is 0 Å². The number of benzene rings is 4. The number of epoxide rings is 2. The van der Waals surface area contributed by atoms with E-state index < -0.39 is 0 Å². The smallest absolute Gasteiger partial charge is 0.338 e. The third-order valence-electron chi connectivity index (χ3n) is 7.37. The molecule has 2 saturated heterocycles. The summed E-state index contributed by atoms with van der Waals surface area (Å²) in [5.74, 6) is 0.866. The molecule has 2 atom stereocenters. The maximum Gasteiger partial charge on any atom is 0.338 e. The fourth-order valence-corrected chi connectivity index (χ4v) is 4.38. The minimum atomic E-state index is -0.361. The van der Waals surface area contributed by atoms with Crippen LogP contribution in [0.1, 0.15) is 44.7 Å². The fourth-order valence-electron chi connectivity index (χ4n) is 4.38. The van der Waals surface area contributed by atoms with Crippen LogP contribution in [-0.4, -0.2) is 76.2 Å². The van der Waals surface area contributed by atoms with Gasteiger partial charge in [0.25, 0.3) is 0 Å². The number of carbonyl (C=O) groups is 2. The lowest BCUT2D eigenvalue weighted by Crippen LogP contribution is -2.09. The first-order valence-electron chi connectivity index (χ1n) is 15.9. The summed E-state index contributed by atoms with van der Waals surface area (Å²) in [6.45, 7) is 3.07. The van der Waals surface area contributed by atoms with Crippen LogP contribution < -0.4 is 9.47 Å². The maximum absolute atomic E-state index is 12.0. The summed E-state index contributed by atoms with van der Waals surface area (Å²) in [5.41, 5.74) is 4.33. The van der Waals surface area contributed by atoms with Crippen molar-refractivity contribution in [1.29, 1.82) is 0 Å². The summed E-state index contributed by atoms with van der Waals surface area (Å²) < 4.78 is 32.3. The molecule has 0 spiro atoms. The van der Waals surface area contributed by atoms with E-state index in [0.717, 1.165) is 46.8 Å². The van der Waals surface area contributed by atoms with Gasteiger partial charge in [-0.1, -0.05) is 0 Å². The summed E-state index contributed by atoms with van der Waals surface area (Å²) in [6.07, 6.45) is 5.35. The molecular weight excluding hydrogens is 612 g/mol. The van der Waals surface area contributed by atoms with Crippen molar-refractivity contribution in [3.05, 3.63) is 119 Å². The van der Waals surface area contributed by atoms with E-state index in [1.54, 1.807) is 61.0 Å². The Morgan fingerprint density at radius 3 is 1.31 bits per heavy atom. The molecule has 2 aliphatic rings. The van der Waals surface area contributed by atoms with Crippen LogP contribution in [0.25, 0.3) is 0 Å². The van der Waals surface area contributed by atoms with Crippen molar-refractivity contribution in [3.8, 4) is 11.5 Å². The molecule has 0 aliphatic carbocycles. The van der Waals surface area contributed by atoms with E-state index in [2.05, 4.69) is 9.98 Å². The quantitative estimate of drug-likeness (QED) is 0.0548. The first-order valence-corrected chi connectivity index (χ1v) is 15.9. The third kappa shape index (κ3) is 10.6. The van der Waals surface area contributed by atoms with Crippen LogP contribution in [0.15, 0.2) is 107 Å². The van der Waals surface area contributed by atoms with Gasteiger partial charge in [-0.05, 0) is 121 Å². The SMILES string of the molecule is O=C(OCC1CO1)c1ccc(N=Cc2ccc(OCCCCOc3ccc(C=Nc4ccc(C(=O)OCC5CO5)cc4)cc3)cc2)cc1. The molecule has 2 unspecified atom stereocenters. The molecule has 0 aromatic heterocycles. The van der Waals surface area contributed by atoms with Gasteiger partial charge in [-0.3, -0.25) is 9.98 Å². The molecule has 2 fully saturated rings. The molecule has 246 valence electrons. The number of hydrogen-bond donors (Lipinski definition) is 0. The Bertz CT molecular complexity index is 1570. The van der Waals surface area contributed by atoms with Gasteiger partial charge in [-0.2, -0.15) is 0 Å². The number of esters is 2. The summed E-state index contributed by atoms with van der Waals surface area (Å²) in [6, 6.07) is 29.4. The van der Waals surface area contributed by atoms with Crippen LogP contribution in [0, 0.1) is 0 Å². The average Bonchev–Trinajstić information content (AvgIpc) is 4.07. The molecule has 0 saturated carbocycles. The summed E-state index contributed by atoms with van der Waals surface area (Å²) in [5, 5.41) is 0. The van der Waals surface area contributed by atoms with Gasteiger partial charge in [-0.15, -0.1) is 0 Å². The van der Waals surface area contributed by atoms with Gasteiger partial charge in [-0.25, -0.2) is 9.59 Å². The standard InChI is InChI=1S/C38H36N2O8/c41-37(47-25-35-23-45-35)29-7-11-31(12-8-29)39-21-27-3-15-33(16-4-27)43-19-1-2-20-44-34-17-5-28(6-18-34)22-40-32-13-9-30(10-14-32)38(42)48-26-36-24-46-36/h3-18,21-22,35-36H,1-2,19-20,23-26H2. The highest BCUT2D eigenvalue weighted by molar-refractivity contribution is 5.91. The van der Waals surface area contributed by atoms with Crippen LogP contribution in [-0.2, 0) is 18.9 Å². The summed E-state index contributed by atoms with van der Waals surface area (Å²) in [7, 11) is 0. The zero-order valence-corrected chi connectivity index (χ0v) is 26.4. The number of ether oxygens (including phenoxy) is 6. The lowest BCUT2D eigenvalue weighted by molar-refractivity contribution is 0.0468. The van der Waals surface area contributed by atoms with Crippen LogP contribution in [0.5, 0.6) is 11.5 Å². The molecule has 10 heteroatoms. The lowest BCUT2D eigenvalue weighted by Gasteiger charge is -2.08. The van der Waals surface area contributed by atoms with Crippen molar-refractivity contribution in [3.63, 3.8) is 0 Å². The van der Waals surface area contributed by atoms with Crippen molar-refractivity contribution in [2.45, 2.75) is 25.0 Å². The largest absolute Gasteiger partial charge is 0.494 e. The van der Waals surface area contributed by atoms with Crippen molar-refractivity contribution >= 4 is 35.7 Å². The maximum atomic E-state index is 12.0. The van der Waals surface area contributed by atoms with Crippen molar-refractivity contribution in [2.75, 3.05) is 39.6 Å². The number of carbonyl (C=O) groups excluding carboxylic acids is 2. The normalized spacial score (nSPS) is 16.5. The molecular formula is C38H36N2O8. The molecule has 4 aromatic rings. The zero-order chi connectivity index (χ0) is 33.0. The first kappa shape index (κ1) is 32.6. The number of unbranched alkanes of at least 4 members (excludes halogenated alkanes) is 1. The molecule has 4 aromatic carbocycles. The third-order valence-corrected chi connectivity index (χ3v) is 7.37. The van der Waals surface area contributed by atoms with Crippen LogP contribution in [0.2, 0.25) is 0 Å². The number of aliphatic imine (C=N–C) groups is 2. The Morgan fingerprint density at radius 1 is 0.583 bits per heavy atom. The predicted octanol–water partition coefficient (Wildman–Crippen LogP) is 6.54. The first-order chi connectivity index (χ1) is 23.6. The Labute approximate surface area is 278 Å². The molecule has 48 heavy (non-hydrogen) atoms. The van der Waals surface area contributed by atoms with Crippen molar-refractivity contribution in [2.24, 2.45) is 9.98 Å². The minimum absolute atomic E-state index is 0.0469. The summed E-state index contributed by atoms with van der Waals surface area (Å²) >= 11 is 0. The van der Waals surface area contributed by atoms with E-state index >= 15 is 0 Å². The van der Waals surface area contributed by atoms with E-state index in [9.17, 15) is 9.59 Å². The minimum Gasteiger partial charge on any atom is -0.494 e. The highest BCUT2D eigenvalue weighted by Crippen LogP contribution is 2.19. The van der Waals surface area contributed by atoms with Crippen LogP contribution in [0.4, 0.5) is 11.4 Å². The predicted molar refractivity (Wildman–Crippen MR) is 181 cm³/mol. The Balaban J connectivity index is 0.842. The van der Waals surface area contributed by atoms with Gasteiger partial charge in [0.15, 0.2) is 0 Å². The zero-order valence-electron chi connectivity index (χ0n) is 26.4. The molecule has 0 amide bonds. The molecule has 0 bridgehead atoms. The van der Waals surface area contributed by atoms with Gasteiger partial charge >= 0.3 is 11.9 Å². The van der Waals surface area contributed by atoms with Crippen molar-refractivity contribution < 1.29 is 38.0 Å². The second-order valence-corrected chi connectivity index (χ2v) is 11.3. The Hall–Kier alpha value is -5.32. The lowest BCUT2D eigenvalue weighted by atomic mass is 10.2. The van der Waals surface area contributed by atoms with E-state index in [-0.39, 0.29) is 24.1 Å². The van der Waals surface area contributed by atoms with Gasteiger partial charge < -0.3 is 28.4 Å². The Morgan fingerprint density at radius 2 is 0.958 bits per heavy atom. The van der Waals surface area contributed by atoms with E-state index in [0.29, 0.717) is 50.8 Å². The molecule has 2 aliphatic heterocycles. The number of nitrogens with zero attached hydrogens (tertiary/aromatic N) is 2. The highest BCUT2D eigenvalue weighted by atomic mass is 16.6. The fraction of sp³-hybridized carbons (Fsp3) is 0.263. The van der Waals surface area contributed by atoms with Gasteiger partial charge in [0.2, 0.25) is 0 Å². The van der Waals surface area contributed by atoms with Gasteiger partial charge in [0.1, 0.15) is 36.9 Å². The van der Waals surface area contributed by atoms with Gasteiger partial charge in [0.05, 0.1) is 48.9 Å². The second-order valence-electron chi connectivity index (χ2n) is 11.3. The van der Waals surface area contributed by atoms with Crippen molar-refractivity contribution in [1.82, 2.24) is 0 Å². The van der Waals surface area contributed by atoms with E-state index in [4.69, 9.17) is 28.4 Å². The molecule has 10 nitrogen and oxygen atoms in total. The van der Waals surface area contributed by atoms with E-state index in [1.165, 1.54) is 0 Å². The Kier molecular flexibility index (Phi) is 11.2. The highest BCUT2D eigenvalue weighted by Gasteiger charge is 2.25. The monoisotopic (exact) mass is 648 g/mol. The number of rotatable bonds is 17. The average molecular weight is 649 g/mol. The summed E-state index contributed by atoms with van der Waals surface area (Å²) in [4.78, 5) is 33.0. The van der Waals surface area contributed by atoms with Gasteiger partial charge in [0, 0.05) is 12.4 Å². The molecule has 0 N–H and O–H groups in total. The second kappa shape index (κ2) is 16.5. The molecule has 0 radical (unpaired) electrons.